The second-order valence-electron chi connectivity index (χ2n) is 7.51. The Bertz CT molecular complexity index is 1300. The first-order valence-electron chi connectivity index (χ1n) is 10.9. The average molecular weight is 458 g/mol. The fourth-order valence-electron chi connectivity index (χ4n) is 3.45. The molecule has 0 spiro atoms. The molecule has 9 heteroatoms. The maximum Gasteiger partial charge on any atom is 0.140 e. The molecule has 0 saturated heterocycles. The molecule has 0 atom stereocenters. The van der Waals surface area contributed by atoms with E-state index in [1.54, 1.807) is 25.7 Å². The summed E-state index contributed by atoms with van der Waals surface area (Å²) >= 11 is 0. The van der Waals surface area contributed by atoms with E-state index in [1.165, 1.54) is 6.33 Å². The summed E-state index contributed by atoms with van der Waals surface area (Å²) < 4.78 is 7.59. The Hall–Kier alpha value is -4.24. The van der Waals surface area contributed by atoms with E-state index in [-0.39, 0.29) is 6.61 Å². The standard InChI is InChI=1S/C25H27N7O2/c1-27-15-20(13-26)19-5-3-18(4-6-19)14-28-24-12-22(30-17-31-24)23-16-29-25-11-21(7-8-32(23)25)34-10-2-9-33/h3-8,11-13,15-17,33H,2,9-10,14,26H2,1H3,(H,28,30,31)/b20-13+,27-15?. The van der Waals surface area contributed by atoms with Gasteiger partial charge in [0.05, 0.1) is 24.2 Å². The molecule has 4 aromatic rings. The Labute approximate surface area is 197 Å². The number of aliphatic imine (C=N–C) groups is 1. The summed E-state index contributed by atoms with van der Waals surface area (Å²) in [6, 6.07) is 13.8. The lowest BCUT2D eigenvalue weighted by Gasteiger charge is -2.09. The first-order chi connectivity index (χ1) is 16.7. The normalized spacial score (nSPS) is 11.9. The van der Waals surface area contributed by atoms with Gasteiger partial charge >= 0.3 is 0 Å². The van der Waals surface area contributed by atoms with Crippen LogP contribution in [-0.2, 0) is 6.54 Å². The number of nitrogens with one attached hydrogen (secondary N) is 1. The number of nitrogens with two attached hydrogens (primary N) is 1. The van der Waals surface area contributed by atoms with Crippen LogP contribution in [0.1, 0.15) is 17.5 Å². The Balaban J connectivity index is 1.45. The Kier molecular flexibility index (Phi) is 7.46. The van der Waals surface area contributed by atoms with Gasteiger partial charge in [-0.2, -0.15) is 0 Å². The highest BCUT2D eigenvalue weighted by Crippen LogP contribution is 2.23. The zero-order valence-electron chi connectivity index (χ0n) is 18.9. The maximum absolute atomic E-state index is 8.90. The molecule has 0 aliphatic carbocycles. The van der Waals surface area contributed by atoms with Gasteiger partial charge in [-0.15, -0.1) is 0 Å². The molecule has 34 heavy (non-hydrogen) atoms. The number of fused-ring (bicyclic) bond motifs is 1. The first kappa shape index (κ1) is 22.9. The van der Waals surface area contributed by atoms with Gasteiger partial charge in [-0.1, -0.05) is 24.3 Å². The van der Waals surface area contributed by atoms with Crippen molar-refractivity contribution in [3.8, 4) is 17.1 Å². The second-order valence-corrected chi connectivity index (χ2v) is 7.51. The van der Waals surface area contributed by atoms with Crippen LogP contribution < -0.4 is 15.8 Å². The van der Waals surface area contributed by atoms with Gasteiger partial charge in [0.2, 0.25) is 0 Å². The molecular weight excluding hydrogens is 430 g/mol. The van der Waals surface area contributed by atoms with Gasteiger partial charge < -0.3 is 20.9 Å². The van der Waals surface area contributed by atoms with Gasteiger partial charge in [0.15, 0.2) is 0 Å². The van der Waals surface area contributed by atoms with Gasteiger partial charge in [0, 0.05) is 62.9 Å². The van der Waals surface area contributed by atoms with Gasteiger partial charge in [0.1, 0.15) is 23.5 Å². The minimum Gasteiger partial charge on any atom is -0.493 e. The third-order valence-electron chi connectivity index (χ3n) is 5.19. The number of imidazole rings is 1. The van der Waals surface area contributed by atoms with Gasteiger partial charge in [-0.3, -0.25) is 9.39 Å². The van der Waals surface area contributed by atoms with Crippen molar-refractivity contribution in [2.75, 3.05) is 25.6 Å². The number of anilines is 1. The van der Waals surface area contributed by atoms with Crippen molar-refractivity contribution < 1.29 is 9.84 Å². The molecule has 0 aliphatic rings. The molecule has 3 aromatic heterocycles. The predicted molar refractivity (Wildman–Crippen MR) is 134 cm³/mol. The van der Waals surface area contributed by atoms with Crippen LogP contribution >= 0.6 is 0 Å². The van der Waals surface area contributed by atoms with Crippen LogP contribution in [0.15, 0.2) is 72.4 Å². The Morgan fingerprint density at radius 2 is 2.03 bits per heavy atom. The predicted octanol–water partition coefficient (Wildman–Crippen LogP) is 3.16. The van der Waals surface area contributed by atoms with Crippen LogP contribution in [0.5, 0.6) is 5.75 Å². The fourth-order valence-corrected chi connectivity index (χ4v) is 3.45. The largest absolute Gasteiger partial charge is 0.493 e. The lowest BCUT2D eigenvalue weighted by Crippen LogP contribution is -2.03. The van der Waals surface area contributed by atoms with Crippen molar-refractivity contribution in [1.82, 2.24) is 19.4 Å². The Morgan fingerprint density at radius 3 is 2.79 bits per heavy atom. The monoisotopic (exact) mass is 457 g/mol. The fraction of sp³-hybridized carbons (Fsp3) is 0.200. The molecule has 174 valence electrons. The van der Waals surface area contributed by atoms with E-state index in [2.05, 4.69) is 25.3 Å². The van der Waals surface area contributed by atoms with E-state index in [4.69, 9.17) is 15.6 Å². The molecule has 0 saturated carbocycles. The van der Waals surface area contributed by atoms with Gasteiger partial charge in [-0.05, 0) is 17.2 Å². The maximum atomic E-state index is 8.90. The number of hydrogen-bond donors (Lipinski definition) is 3. The summed E-state index contributed by atoms with van der Waals surface area (Å²) in [6.45, 7) is 1.18. The second kappa shape index (κ2) is 11.1. The number of hydrogen-bond acceptors (Lipinski definition) is 8. The quantitative estimate of drug-likeness (QED) is 0.247. The highest BCUT2D eigenvalue weighted by molar-refractivity contribution is 6.09. The number of ether oxygens (including phenoxy) is 1. The van der Waals surface area contributed by atoms with Crippen molar-refractivity contribution in [3.05, 3.63) is 78.5 Å². The molecule has 0 unspecified atom stereocenters. The highest BCUT2D eigenvalue weighted by Gasteiger charge is 2.10. The molecule has 4 rings (SSSR count). The summed E-state index contributed by atoms with van der Waals surface area (Å²) in [5, 5.41) is 12.3. The molecule has 1 aromatic carbocycles. The topological polar surface area (TPSA) is 123 Å². The van der Waals surface area contributed by atoms with Crippen molar-refractivity contribution in [1.29, 1.82) is 0 Å². The molecular formula is C25H27N7O2. The number of nitrogens with zero attached hydrogens (tertiary/aromatic N) is 5. The SMILES string of the molecule is CN=C/C(=C\N)c1ccc(CNc2cc(-c3cnc4cc(OCCCO)ccn34)ncn2)cc1. The number of pyridine rings is 1. The number of aliphatic hydroxyl groups is 1. The molecule has 4 N–H and O–H groups in total. The van der Waals surface area contributed by atoms with E-state index < -0.39 is 0 Å². The zero-order chi connectivity index (χ0) is 23.8. The molecule has 0 aliphatic heterocycles. The molecule has 0 bridgehead atoms. The van der Waals surface area contributed by atoms with Crippen LogP contribution in [0, 0.1) is 0 Å². The van der Waals surface area contributed by atoms with E-state index in [0.717, 1.165) is 33.7 Å². The van der Waals surface area contributed by atoms with Crippen LogP contribution in [0.2, 0.25) is 0 Å². The summed E-state index contributed by atoms with van der Waals surface area (Å²) in [7, 11) is 1.72. The summed E-state index contributed by atoms with van der Waals surface area (Å²) in [6.07, 6.45) is 9.09. The molecule has 3 heterocycles. The Morgan fingerprint density at radius 1 is 1.18 bits per heavy atom. The zero-order valence-corrected chi connectivity index (χ0v) is 18.9. The van der Waals surface area contributed by atoms with Crippen LogP contribution in [0.25, 0.3) is 22.6 Å². The van der Waals surface area contributed by atoms with Gasteiger partial charge in [0.25, 0.3) is 0 Å². The number of rotatable bonds is 10. The number of allylic oxidation sites excluding steroid dienone is 1. The van der Waals surface area contributed by atoms with Crippen molar-refractivity contribution >= 4 is 23.3 Å². The molecule has 0 radical (unpaired) electrons. The smallest absolute Gasteiger partial charge is 0.140 e. The van der Waals surface area contributed by atoms with Crippen molar-refractivity contribution in [2.24, 2.45) is 10.7 Å². The van der Waals surface area contributed by atoms with E-state index in [9.17, 15) is 0 Å². The van der Waals surface area contributed by atoms with Gasteiger partial charge in [-0.25, -0.2) is 15.0 Å². The summed E-state index contributed by atoms with van der Waals surface area (Å²) in [4.78, 5) is 17.3. The number of benzene rings is 1. The lowest BCUT2D eigenvalue weighted by molar-refractivity contribution is 0.233. The van der Waals surface area contributed by atoms with Crippen molar-refractivity contribution in [3.63, 3.8) is 0 Å². The summed E-state index contributed by atoms with van der Waals surface area (Å²) in [5.41, 5.74) is 11.0. The highest BCUT2D eigenvalue weighted by atomic mass is 16.5. The molecule has 0 fully saturated rings. The first-order valence-corrected chi connectivity index (χ1v) is 10.9. The minimum absolute atomic E-state index is 0.103. The lowest BCUT2D eigenvalue weighted by atomic mass is 10.1. The average Bonchev–Trinajstić information content (AvgIpc) is 3.30. The van der Waals surface area contributed by atoms with E-state index in [1.807, 2.05) is 53.1 Å². The third-order valence-corrected chi connectivity index (χ3v) is 5.19. The molecule has 9 nitrogen and oxygen atoms in total. The number of aromatic nitrogens is 4. The minimum atomic E-state index is 0.103. The van der Waals surface area contributed by atoms with Crippen LogP contribution in [0.3, 0.4) is 0 Å². The number of aliphatic hydroxyl groups excluding tert-OH is 1. The summed E-state index contributed by atoms with van der Waals surface area (Å²) in [5.74, 6) is 1.43. The van der Waals surface area contributed by atoms with E-state index in [0.29, 0.717) is 31.1 Å². The van der Waals surface area contributed by atoms with Crippen LogP contribution in [0.4, 0.5) is 5.82 Å². The third kappa shape index (κ3) is 5.38. The molecule has 0 amide bonds. The van der Waals surface area contributed by atoms with Crippen LogP contribution in [-0.4, -0.2) is 50.9 Å². The van der Waals surface area contributed by atoms with Crippen molar-refractivity contribution in [2.45, 2.75) is 13.0 Å². The van der Waals surface area contributed by atoms with E-state index >= 15 is 0 Å².